The first-order chi connectivity index (χ1) is 18.3. The van der Waals surface area contributed by atoms with E-state index >= 15 is 0 Å². The van der Waals surface area contributed by atoms with Crippen LogP contribution in [0.15, 0.2) is 58.6 Å². The van der Waals surface area contributed by atoms with Crippen LogP contribution in [0.3, 0.4) is 0 Å². The Labute approximate surface area is 227 Å². The lowest BCUT2D eigenvalue weighted by Crippen LogP contribution is -2.36. The van der Waals surface area contributed by atoms with E-state index in [0.29, 0.717) is 17.3 Å². The number of nitrogens with zero attached hydrogens (tertiary/aromatic N) is 3. The fourth-order valence-corrected chi connectivity index (χ4v) is 7.37. The highest BCUT2D eigenvalue weighted by molar-refractivity contribution is 8.00. The van der Waals surface area contributed by atoms with Gasteiger partial charge in [0.15, 0.2) is 10.8 Å². The van der Waals surface area contributed by atoms with Gasteiger partial charge in [0.05, 0.1) is 15.7 Å². The van der Waals surface area contributed by atoms with E-state index in [0.717, 1.165) is 59.8 Å². The molecule has 1 fully saturated rings. The smallest absolute Gasteiger partial charge is 0.240 e. The molecule has 0 aliphatic heterocycles. The average molecular weight is 552 g/mol. The minimum Gasteiger partial charge on any atom is -0.325 e. The van der Waals surface area contributed by atoms with Gasteiger partial charge in [-0.15, -0.1) is 10.2 Å². The molecule has 0 bridgehead atoms. The summed E-state index contributed by atoms with van der Waals surface area (Å²) in [5, 5.41) is 13.1. The van der Waals surface area contributed by atoms with Crippen LogP contribution in [0.4, 0.5) is 5.69 Å². The number of carbonyl (C=O) groups excluding carboxylic acids is 1. The molecule has 2 N–H and O–H groups in total. The van der Waals surface area contributed by atoms with Crippen molar-refractivity contribution in [3.05, 3.63) is 59.7 Å². The Morgan fingerprint density at radius 2 is 1.79 bits per heavy atom. The van der Waals surface area contributed by atoms with Gasteiger partial charge >= 0.3 is 0 Å². The van der Waals surface area contributed by atoms with Crippen molar-refractivity contribution in [2.75, 3.05) is 5.32 Å². The second kappa shape index (κ2) is 11.0. The molecule has 1 aliphatic carbocycles. The lowest BCUT2D eigenvalue weighted by molar-refractivity contribution is -0.115. The molecule has 8 nitrogen and oxygen atoms in total. The van der Waals surface area contributed by atoms with Crippen molar-refractivity contribution in [3.63, 3.8) is 0 Å². The summed E-state index contributed by atoms with van der Waals surface area (Å²) in [6.45, 7) is 6.09. The van der Waals surface area contributed by atoms with Gasteiger partial charge in [-0.2, -0.15) is 0 Å². The molecule has 1 unspecified atom stereocenters. The Morgan fingerprint density at radius 1 is 1.05 bits per heavy atom. The second-order valence-corrected chi connectivity index (χ2v) is 12.8. The van der Waals surface area contributed by atoms with E-state index in [1.54, 1.807) is 12.1 Å². The third kappa shape index (κ3) is 5.43. The van der Waals surface area contributed by atoms with E-state index in [1.165, 1.54) is 23.9 Å². The Hall–Kier alpha value is -2.95. The first-order valence-corrected chi connectivity index (χ1v) is 15.5. The third-order valence-corrected chi connectivity index (χ3v) is 10.0. The molecule has 0 radical (unpaired) electrons. The minimum atomic E-state index is -3.59. The largest absolute Gasteiger partial charge is 0.325 e. The fourth-order valence-electron chi connectivity index (χ4n) is 5.10. The second-order valence-electron chi connectivity index (χ2n) is 9.96. The highest BCUT2D eigenvalue weighted by Crippen LogP contribution is 2.31. The van der Waals surface area contributed by atoms with Gasteiger partial charge in [-0.25, -0.2) is 13.1 Å². The summed E-state index contributed by atoms with van der Waals surface area (Å²) in [6, 6.07) is 14.5. The van der Waals surface area contributed by atoms with Crippen molar-refractivity contribution in [1.82, 2.24) is 19.3 Å². The molecule has 1 aliphatic rings. The zero-order valence-electron chi connectivity index (χ0n) is 21.9. The molecule has 2 aromatic carbocycles. The predicted octanol–water partition coefficient (Wildman–Crippen LogP) is 5.62. The van der Waals surface area contributed by atoms with Crippen LogP contribution in [0.2, 0.25) is 0 Å². The summed E-state index contributed by atoms with van der Waals surface area (Å²) in [7, 11) is -3.59. The maximum Gasteiger partial charge on any atom is 0.240 e. The quantitative estimate of drug-likeness (QED) is 0.275. The molecular formula is C28H33N5O3S2. The van der Waals surface area contributed by atoms with E-state index in [-0.39, 0.29) is 16.8 Å². The molecule has 5 rings (SSSR count). The van der Waals surface area contributed by atoms with E-state index in [4.69, 9.17) is 0 Å². The topological polar surface area (TPSA) is 105 Å². The van der Waals surface area contributed by atoms with Gasteiger partial charge in [-0.3, -0.25) is 9.20 Å². The normalized spacial score (nSPS) is 15.7. The molecule has 38 heavy (non-hydrogen) atoms. The number of aromatic nitrogens is 3. The first-order valence-electron chi connectivity index (χ1n) is 13.1. The summed E-state index contributed by atoms with van der Waals surface area (Å²) in [6.07, 6.45) is 5.60. The van der Waals surface area contributed by atoms with Crippen LogP contribution in [0.5, 0.6) is 0 Å². The molecular weight excluding hydrogens is 518 g/mol. The van der Waals surface area contributed by atoms with Gasteiger partial charge in [-0.1, -0.05) is 56.1 Å². The van der Waals surface area contributed by atoms with Gasteiger partial charge in [0.1, 0.15) is 0 Å². The van der Waals surface area contributed by atoms with Crippen molar-refractivity contribution >= 4 is 49.9 Å². The number of thioether (sulfide) groups is 1. The molecule has 0 saturated heterocycles. The number of amides is 1. The Morgan fingerprint density at radius 3 is 2.50 bits per heavy atom. The Balaban J connectivity index is 1.32. The third-order valence-electron chi connectivity index (χ3n) is 7.16. The predicted molar refractivity (Wildman–Crippen MR) is 152 cm³/mol. The van der Waals surface area contributed by atoms with E-state index in [1.807, 2.05) is 23.5 Å². The van der Waals surface area contributed by atoms with E-state index in [2.05, 4.69) is 46.2 Å². The number of pyridine rings is 1. The van der Waals surface area contributed by atoms with Crippen molar-refractivity contribution in [1.29, 1.82) is 0 Å². The highest BCUT2D eigenvalue weighted by Gasteiger charge is 2.24. The number of para-hydroxylation sites is 1. The van der Waals surface area contributed by atoms with Crippen LogP contribution in [0, 0.1) is 13.8 Å². The van der Waals surface area contributed by atoms with Crippen LogP contribution in [-0.4, -0.2) is 40.2 Å². The zero-order valence-corrected chi connectivity index (χ0v) is 23.5. The highest BCUT2D eigenvalue weighted by atomic mass is 32.2. The van der Waals surface area contributed by atoms with Crippen LogP contribution in [0.25, 0.3) is 16.6 Å². The number of nitrogens with one attached hydrogen (secondary N) is 2. The molecule has 4 aromatic rings. The number of carbonyl (C=O) groups is 1. The minimum absolute atomic E-state index is 0.00599. The summed E-state index contributed by atoms with van der Waals surface area (Å²) in [4.78, 5) is 13.4. The lowest BCUT2D eigenvalue weighted by atomic mass is 9.96. The van der Waals surface area contributed by atoms with Gasteiger partial charge in [0.2, 0.25) is 15.9 Å². The molecule has 200 valence electrons. The number of fused-ring (bicyclic) bond motifs is 3. The maximum atomic E-state index is 13.2. The standard InChI is InChI=1S/C28H33N5O3S2/c1-4-24(37-28-31-30-25-17-19(3)23-12-8-9-18(2)26(23)33(25)28)27(34)29-20-13-15-22(16-14-20)38(35,36)32-21-10-6-5-7-11-21/h8-9,12-17,21,24,32H,4-7,10-11H2,1-3H3,(H,29,34). The van der Waals surface area contributed by atoms with Crippen LogP contribution in [0.1, 0.15) is 56.6 Å². The van der Waals surface area contributed by atoms with Gasteiger partial charge in [0.25, 0.3) is 0 Å². The van der Waals surface area contributed by atoms with E-state index < -0.39 is 15.3 Å². The maximum absolute atomic E-state index is 13.2. The molecule has 10 heteroatoms. The zero-order chi connectivity index (χ0) is 26.9. The first kappa shape index (κ1) is 26.6. The molecule has 1 saturated carbocycles. The summed E-state index contributed by atoms with van der Waals surface area (Å²) >= 11 is 1.38. The lowest BCUT2D eigenvalue weighted by Gasteiger charge is -2.22. The average Bonchev–Trinajstić information content (AvgIpc) is 3.30. The molecule has 1 atom stereocenters. The number of aryl methyl sites for hydroxylation is 2. The number of rotatable bonds is 8. The van der Waals surface area contributed by atoms with Crippen LogP contribution in [-0.2, 0) is 14.8 Å². The van der Waals surface area contributed by atoms with Crippen LogP contribution >= 0.6 is 11.8 Å². The molecule has 2 aromatic heterocycles. The summed E-state index contributed by atoms with van der Waals surface area (Å²) in [5.41, 5.74) is 4.59. The van der Waals surface area contributed by atoms with E-state index in [9.17, 15) is 13.2 Å². The fraction of sp³-hybridized carbons (Fsp3) is 0.393. The van der Waals surface area contributed by atoms with Crippen LogP contribution < -0.4 is 10.0 Å². The van der Waals surface area contributed by atoms with Crippen molar-refractivity contribution in [2.24, 2.45) is 0 Å². The van der Waals surface area contributed by atoms with Crippen molar-refractivity contribution in [2.45, 2.75) is 80.6 Å². The summed E-state index contributed by atoms with van der Waals surface area (Å²) in [5.74, 6) is -0.168. The Kier molecular flexibility index (Phi) is 7.74. The monoisotopic (exact) mass is 551 g/mol. The van der Waals surface area contributed by atoms with Gasteiger partial charge < -0.3 is 5.32 Å². The molecule has 0 spiro atoms. The number of anilines is 1. The number of hydrogen-bond donors (Lipinski definition) is 2. The molecule has 1 amide bonds. The SMILES string of the molecule is CCC(Sc1nnc2cc(C)c3cccc(C)c3n12)C(=O)Nc1ccc(S(=O)(=O)NC2CCCCC2)cc1. The number of hydrogen-bond acceptors (Lipinski definition) is 6. The van der Waals surface area contributed by atoms with Gasteiger partial charge in [-0.05, 0) is 74.6 Å². The number of benzene rings is 2. The van der Waals surface area contributed by atoms with Gasteiger partial charge in [0, 0.05) is 17.1 Å². The number of sulfonamides is 1. The van der Waals surface area contributed by atoms with Crippen molar-refractivity contribution < 1.29 is 13.2 Å². The summed E-state index contributed by atoms with van der Waals surface area (Å²) < 4.78 is 30.4. The molecule has 2 heterocycles. The van der Waals surface area contributed by atoms with Crippen molar-refractivity contribution in [3.8, 4) is 0 Å². The Bertz CT molecular complexity index is 1580.